The first-order valence-corrected chi connectivity index (χ1v) is 11.4. The number of ether oxygens (including phenoxy) is 2. The van der Waals surface area contributed by atoms with Crippen LogP contribution in [0.25, 0.3) is 10.9 Å². The van der Waals surface area contributed by atoms with Gasteiger partial charge in [-0.3, -0.25) is 4.79 Å². The van der Waals surface area contributed by atoms with Gasteiger partial charge < -0.3 is 24.9 Å². The highest BCUT2D eigenvalue weighted by atomic mass is 35.5. The summed E-state index contributed by atoms with van der Waals surface area (Å²) in [5.74, 6) is -0.0236. The second kappa shape index (κ2) is 10.8. The smallest absolute Gasteiger partial charge is 0.321 e. The zero-order valence-electron chi connectivity index (χ0n) is 18.5. The summed E-state index contributed by atoms with van der Waals surface area (Å²) in [6.45, 7) is 0.601. The molecule has 0 aliphatic rings. The van der Waals surface area contributed by atoms with Crippen LogP contribution in [0.2, 0.25) is 10.0 Å². The Labute approximate surface area is 207 Å². The molecule has 0 fully saturated rings. The van der Waals surface area contributed by atoms with Crippen molar-refractivity contribution in [3.63, 3.8) is 0 Å². The van der Waals surface area contributed by atoms with Gasteiger partial charge in [0.2, 0.25) is 0 Å². The number of hydrogen-bond donors (Lipinski definition) is 3. The molecule has 3 N–H and O–H groups in total. The van der Waals surface area contributed by atoms with Crippen LogP contribution in [0.3, 0.4) is 0 Å². The third-order valence-corrected chi connectivity index (χ3v) is 6.07. The molecule has 176 valence electrons. The van der Waals surface area contributed by atoms with Crippen molar-refractivity contribution in [3.05, 3.63) is 93.6 Å². The number of methoxy groups -OCH3 is 1. The fourth-order valence-electron chi connectivity index (χ4n) is 3.76. The summed E-state index contributed by atoms with van der Waals surface area (Å²) in [5.41, 5.74) is 3.64. The Bertz CT molecular complexity index is 1290. The van der Waals surface area contributed by atoms with Crippen molar-refractivity contribution in [1.82, 2.24) is 10.3 Å². The number of para-hydroxylation sites is 1. The Morgan fingerprint density at radius 2 is 1.85 bits per heavy atom. The van der Waals surface area contributed by atoms with E-state index in [2.05, 4.69) is 10.3 Å². The molecule has 4 rings (SSSR count). The predicted molar refractivity (Wildman–Crippen MR) is 134 cm³/mol. The number of fused-ring (bicyclic) bond motifs is 1. The van der Waals surface area contributed by atoms with Gasteiger partial charge >= 0.3 is 5.97 Å². The third-order valence-electron chi connectivity index (χ3n) is 5.54. The molecule has 0 spiro atoms. The summed E-state index contributed by atoms with van der Waals surface area (Å²) in [7, 11) is 1.54. The minimum Gasteiger partial charge on any atom is -0.493 e. The Morgan fingerprint density at radius 3 is 2.59 bits per heavy atom. The highest BCUT2D eigenvalue weighted by molar-refractivity contribution is 6.32. The van der Waals surface area contributed by atoms with Crippen LogP contribution in [-0.2, 0) is 24.4 Å². The van der Waals surface area contributed by atoms with E-state index in [4.69, 9.17) is 32.7 Å². The van der Waals surface area contributed by atoms with Crippen LogP contribution in [-0.4, -0.2) is 29.2 Å². The van der Waals surface area contributed by atoms with Crippen molar-refractivity contribution in [2.24, 2.45) is 0 Å². The number of carboxylic acid groups (broad SMARTS) is 1. The maximum atomic E-state index is 11.9. The van der Waals surface area contributed by atoms with E-state index in [1.807, 2.05) is 42.6 Å². The molecule has 4 aromatic rings. The number of rotatable bonds is 10. The van der Waals surface area contributed by atoms with E-state index in [1.54, 1.807) is 24.3 Å². The minimum atomic E-state index is -0.925. The fourth-order valence-corrected chi connectivity index (χ4v) is 4.17. The summed E-state index contributed by atoms with van der Waals surface area (Å²) in [6, 6.07) is 17.9. The van der Waals surface area contributed by atoms with Crippen LogP contribution in [0, 0.1) is 0 Å². The zero-order chi connectivity index (χ0) is 24.1. The molecule has 0 aliphatic heterocycles. The van der Waals surface area contributed by atoms with E-state index < -0.39 is 12.0 Å². The van der Waals surface area contributed by atoms with Crippen molar-refractivity contribution in [2.75, 3.05) is 7.11 Å². The number of hydrogen-bond acceptors (Lipinski definition) is 4. The Hall–Kier alpha value is -3.19. The van der Waals surface area contributed by atoms with E-state index >= 15 is 0 Å². The summed E-state index contributed by atoms with van der Waals surface area (Å²) in [4.78, 5) is 15.1. The van der Waals surface area contributed by atoms with Crippen LogP contribution in [0.5, 0.6) is 11.5 Å². The first kappa shape index (κ1) is 24.0. The first-order valence-electron chi connectivity index (χ1n) is 10.7. The lowest BCUT2D eigenvalue weighted by Crippen LogP contribution is -2.38. The molecule has 6 nitrogen and oxygen atoms in total. The molecule has 0 aliphatic carbocycles. The second-order valence-corrected chi connectivity index (χ2v) is 8.70. The number of carboxylic acids is 1. The van der Waals surface area contributed by atoms with Crippen LogP contribution < -0.4 is 14.8 Å². The van der Waals surface area contributed by atoms with Crippen LogP contribution in [0.1, 0.15) is 16.7 Å². The van der Waals surface area contributed by atoms with Gasteiger partial charge in [0.05, 0.1) is 12.1 Å². The van der Waals surface area contributed by atoms with E-state index in [0.29, 0.717) is 41.1 Å². The lowest BCUT2D eigenvalue weighted by atomic mass is 10.0. The van der Waals surface area contributed by atoms with Gasteiger partial charge in [-0.1, -0.05) is 53.5 Å². The van der Waals surface area contributed by atoms with Gasteiger partial charge in [0.1, 0.15) is 12.6 Å². The van der Waals surface area contributed by atoms with Crippen molar-refractivity contribution in [2.45, 2.75) is 25.6 Å². The van der Waals surface area contributed by atoms with E-state index in [9.17, 15) is 9.90 Å². The van der Waals surface area contributed by atoms with Gasteiger partial charge in [-0.05, 0) is 47.0 Å². The van der Waals surface area contributed by atoms with Crippen molar-refractivity contribution < 1.29 is 19.4 Å². The zero-order valence-corrected chi connectivity index (χ0v) is 20.0. The summed E-state index contributed by atoms with van der Waals surface area (Å²) < 4.78 is 11.4. The maximum absolute atomic E-state index is 11.9. The second-order valence-electron chi connectivity index (χ2n) is 7.86. The molecular formula is C26H24Cl2N2O4. The number of benzene rings is 3. The molecule has 0 bridgehead atoms. The Kier molecular flexibility index (Phi) is 7.63. The third kappa shape index (κ3) is 5.65. The SMILES string of the molecule is COc1cc(CN[C@H](Cc2c[nH]c3ccccc23)C(=O)O)cc(Cl)c1OCc1ccc(Cl)cc1. The summed E-state index contributed by atoms with van der Waals surface area (Å²) in [6.07, 6.45) is 2.20. The lowest BCUT2D eigenvalue weighted by Gasteiger charge is -2.17. The molecule has 1 atom stereocenters. The van der Waals surface area contributed by atoms with Gasteiger partial charge in [-0.15, -0.1) is 0 Å². The molecule has 0 saturated carbocycles. The van der Waals surface area contributed by atoms with Gasteiger partial charge in [-0.2, -0.15) is 0 Å². The maximum Gasteiger partial charge on any atom is 0.321 e. The molecule has 1 aromatic heterocycles. The average Bonchev–Trinajstić information content (AvgIpc) is 3.24. The van der Waals surface area contributed by atoms with Gasteiger partial charge in [0.15, 0.2) is 11.5 Å². The van der Waals surface area contributed by atoms with E-state index in [1.165, 1.54) is 7.11 Å². The number of aromatic amines is 1. The van der Waals surface area contributed by atoms with Gasteiger partial charge in [0, 0.05) is 35.1 Å². The number of H-pyrrole nitrogens is 1. The molecule has 3 aromatic carbocycles. The van der Waals surface area contributed by atoms with Crippen LogP contribution in [0.4, 0.5) is 0 Å². The highest BCUT2D eigenvalue weighted by Crippen LogP contribution is 2.37. The molecule has 0 saturated heterocycles. The van der Waals surface area contributed by atoms with Gasteiger partial charge in [-0.25, -0.2) is 0 Å². The summed E-state index contributed by atoms with van der Waals surface area (Å²) >= 11 is 12.4. The number of aromatic nitrogens is 1. The van der Waals surface area contributed by atoms with E-state index in [-0.39, 0.29) is 0 Å². The lowest BCUT2D eigenvalue weighted by molar-refractivity contribution is -0.139. The molecule has 1 heterocycles. The Balaban J connectivity index is 1.45. The fraction of sp³-hybridized carbons (Fsp3) is 0.192. The van der Waals surface area contributed by atoms with Crippen molar-refractivity contribution in [3.8, 4) is 11.5 Å². The first-order chi connectivity index (χ1) is 16.4. The standard InChI is InChI=1S/C26H24Cl2N2O4/c1-33-24-11-17(10-21(28)25(24)34-15-16-6-8-19(27)9-7-16)13-29-23(26(31)32)12-18-14-30-22-5-3-2-4-20(18)22/h2-11,14,23,29-30H,12-13,15H2,1H3,(H,31,32)/t23-/m1/s1. The molecule has 0 radical (unpaired) electrons. The monoisotopic (exact) mass is 498 g/mol. The molecule has 34 heavy (non-hydrogen) atoms. The molecule has 8 heteroatoms. The van der Waals surface area contributed by atoms with E-state index in [0.717, 1.165) is 27.6 Å². The largest absolute Gasteiger partial charge is 0.493 e. The Morgan fingerprint density at radius 1 is 1.09 bits per heavy atom. The minimum absolute atomic E-state index is 0.298. The predicted octanol–water partition coefficient (Wildman–Crippen LogP) is 5.85. The molecular weight excluding hydrogens is 475 g/mol. The summed E-state index contributed by atoms with van der Waals surface area (Å²) in [5, 5.41) is 14.9. The van der Waals surface area contributed by atoms with Crippen molar-refractivity contribution >= 4 is 40.1 Å². The number of halogens is 2. The number of carbonyl (C=O) groups is 1. The normalized spacial score (nSPS) is 12.0. The quantitative estimate of drug-likeness (QED) is 0.255. The van der Waals surface area contributed by atoms with Crippen LogP contribution in [0.15, 0.2) is 66.9 Å². The average molecular weight is 499 g/mol. The van der Waals surface area contributed by atoms with Crippen LogP contribution >= 0.6 is 23.2 Å². The van der Waals surface area contributed by atoms with Gasteiger partial charge in [0.25, 0.3) is 0 Å². The molecule has 0 unspecified atom stereocenters. The number of nitrogens with one attached hydrogen (secondary N) is 2. The topological polar surface area (TPSA) is 83.6 Å². The molecule has 0 amide bonds. The van der Waals surface area contributed by atoms with Crippen molar-refractivity contribution in [1.29, 1.82) is 0 Å². The highest BCUT2D eigenvalue weighted by Gasteiger charge is 2.20. The number of aliphatic carboxylic acids is 1.